The summed E-state index contributed by atoms with van der Waals surface area (Å²) in [5.41, 5.74) is 2.08. The van der Waals surface area contributed by atoms with Gasteiger partial charge < -0.3 is 5.32 Å². The molecule has 0 atom stereocenters. The van der Waals surface area contributed by atoms with Gasteiger partial charge >= 0.3 is 0 Å². The Balaban J connectivity index is 1.85. The number of carbonyl (C=O) groups excluding carboxylic acids is 2. The van der Waals surface area contributed by atoms with E-state index in [1.54, 1.807) is 36.4 Å². The van der Waals surface area contributed by atoms with Gasteiger partial charge in [-0.25, -0.2) is 12.8 Å². The lowest BCUT2D eigenvalue weighted by Crippen LogP contribution is -2.40. The number of hydrogen-bond acceptors (Lipinski definition) is 4. The third kappa shape index (κ3) is 5.55. The quantitative estimate of drug-likeness (QED) is 0.544. The Labute approximate surface area is 180 Å². The molecule has 160 valence electrons. The van der Waals surface area contributed by atoms with Gasteiger partial charge in [-0.1, -0.05) is 42.0 Å². The minimum absolute atomic E-state index is 0.00570. The molecule has 0 radical (unpaired) electrons. The third-order valence-electron chi connectivity index (χ3n) is 4.57. The first-order valence-electron chi connectivity index (χ1n) is 9.45. The number of rotatable bonds is 8. The molecule has 0 fully saturated rings. The second-order valence-electron chi connectivity index (χ2n) is 6.94. The van der Waals surface area contributed by atoms with Crippen LogP contribution in [0.2, 0.25) is 0 Å². The molecule has 0 aromatic heterocycles. The van der Waals surface area contributed by atoms with Crippen LogP contribution in [0.4, 0.5) is 10.1 Å². The molecule has 3 aromatic carbocycles. The maximum atomic E-state index is 13.8. The zero-order valence-corrected chi connectivity index (χ0v) is 17.6. The van der Waals surface area contributed by atoms with E-state index in [0.717, 1.165) is 15.9 Å². The molecule has 0 saturated carbocycles. The lowest BCUT2D eigenvalue weighted by atomic mass is 10.1. The van der Waals surface area contributed by atoms with Crippen molar-refractivity contribution >= 4 is 27.9 Å². The van der Waals surface area contributed by atoms with Crippen molar-refractivity contribution in [3.05, 3.63) is 95.3 Å². The molecule has 8 heteroatoms. The van der Waals surface area contributed by atoms with Gasteiger partial charge in [-0.05, 0) is 48.9 Å². The van der Waals surface area contributed by atoms with Crippen molar-refractivity contribution in [2.45, 2.75) is 18.4 Å². The first-order valence-corrected chi connectivity index (χ1v) is 10.9. The number of aldehydes is 1. The molecule has 31 heavy (non-hydrogen) atoms. The number of amides is 1. The highest BCUT2D eigenvalue weighted by atomic mass is 32.2. The molecule has 0 saturated heterocycles. The Bertz CT molecular complexity index is 1190. The molecular formula is C23H21FN2O4S. The van der Waals surface area contributed by atoms with Crippen LogP contribution in [0.25, 0.3) is 0 Å². The van der Waals surface area contributed by atoms with E-state index in [-0.39, 0.29) is 17.1 Å². The van der Waals surface area contributed by atoms with Gasteiger partial charge in [0.25, 0.3) is 10.0 Å². The fourth-order valence-electron chi connectivity index (χ4n) is 2.95. The minimum Gasteiger partial charge on any atom is -0.350 e. The van der Waals surface area contributed by atoms with E-state index in [9.17, 15) is 22.4 Å². The van der Waals surface area contributed by atoms with Crippen LogP contribution in [0.3, 0.4) is 0 Å². The molecule has 1 N–H and O–H groups in total. The highest BCUT2D eigenvalue weighted by Gasteiger charge is 2.27. The van der Waals surface area contributed by atoms with Crippen LogP contribution in [-0.2, 0) is 21.4 Å². The molecule has 3 rings (SSSR count). The number of halogens is 1. The van der Waals surface area contributed by atoms with Crippen LogP contribution in [0.1, 0.15) is 21.5 Å². The predicted octanol–water partition coefficient (Wildman–Crippen LogP) is 3.46. The van der Waals surface area contributed by atoms with Crippen molar-refractivity contribution in [2.75, 3.05) is 10.8 Å². The Morgan fingerprint density at radius 2 is 1.74 bits per heavy atom. The summed E-state index contributed by atoms with van der Waals surface area (Å²) in [4.78, 5) is 23.5. The zero-order chi connectivity index (χ0) is 22.4. The van der Waals surface area contributed by atoms with Gasteiger partial charge in [-0.2, -0.15) is 0 Å². The monoisotopic (exact) mass is 440 g/mol. The van der Waals surface area contributed by atoms with Gasteiger partial charge in [-0.15, -0.1) is 0 Å². The van der Waals surface area contributed by atoms with E-state index in [1.807, 2.05) is 6.92 Å². The maximum absolute atomic E-state index is 13.8. The summed E-state index contributed by atoms with van der Waals surface area (Å²) in [6, 6.07) is 17.9. The van der Waals surface area contributed by atoms with Crippen molar-refractivity contribution in [3.63, 3.8) is 0 Å². The highest BCUT2D eigenvalue weighted by Crippen LogP contribution is 2.24. The fourth-order valence-corrected chi connectivity index (χ4v) is 4.36. The number of sulfonamides is 1. The second kappa shape index (κ2) is 9.53. The highest BCUT2D eigenvalue weighted by molar-refractivity contribution is 7.92. The lowest BCUT2D eigenvalue weighted by molar-refractivity contribution is -0.119. The summed E-state index contributed by atoms with van der Waals surface area (Å²) in [6.07, 6.45) is 0.700. The van der Waals surface area contributed by atoms with Gasteiger partial charge in [0, 0.05) is 12.1 Å². The topological polar surface area (TPSA) is 83.6 Å². The Hall–Kier alpha value is -3.52. The number of aryl methyl sites for hydroxylation is 1. The van der Waals surface area contributed by atoms with Crippen LogP contribution in [-0.4, -0.2) is 27.2 Å². The predicted molar refractivity (Wildman–Crippen MR) is 116 cm³/mol. The molecule has 6 nitrogen and oxygen atoms in total. The lowest BCUT2D eigenvalue weighted by Gasteiger charge is -2.24. The maximum Gasteiger partial charge on any atom is 0.264 e. The molecule has 0 aliphatic heterocycles. The van der Waals surface area contributed by atoms with E-state index in [2.05, 4.69) is 5.32 Å². The van der Waals surface area contributed by atoms with Crippen molar-refractivity contribution in [2.24, 2.45) is 0 Å². The Morgan fingerprint density at radius 3 is 2.42 bits per heavy atom. The minimum atomic E-state index is -4.12. The number of benzene rings is 3. The van der Waals surface area contributed by atoms with Gasteiger partial charge in [0.1, 0.15) is 18.6 Å². The van der Waals surface area contributed by atoms with Crippen LogP contribution >= 0.6 is 0 Å². The molecular weight excluding hydrogens is 419 g/mol. The van der Waals surface area contributed by atoms with E-state index in [4.69, 9.17) is 0 Å². The number of nitrogens with zero attached hydrogens (tertiary/aromatic N) is 1. The Morgan fingerprint density at radius 1 is 1.03 bits per heavy atom. The van der Waals surface area contributed by atoms with Crippen molar-refractivity contribution in [3.8, 4) is 0 Å². The van der Waals surface area contributed by atoms with Crippen LogP contribution in [0.5, 0.6) is 0 Å². The summed E-state index contributed by atoms with van der Waals surface area (Å²) in [6.45, 7) is 1.41. The van der Waals surface area contributed by atoms with Crippen molar-refractivity contribution in [1.29, 1.82) is 0 Å². The van der Waals surface area contributed by atoms with Crippen LogP contribution < -0.4 is 9.62 Å². The standard InChI is InChI=1S/C23H21FN2O4S/c1-17-8-10-22(11-9-17)31(29,30)26(21-7-3-6-20(24)13-21)15-23(28)25-14-18-4-2-5-19(12-18)16-27/h2-13,16H,14-15H2,1H3,(H,25,28). The molecule has 3 aromatic rings. The van der Waals surface area contributed by atoms with E-state index >= 15 is 0 Å². The molecule has 1 amide bonds. The summed E-state index contributed by atoms with van der Waals surface area (Å²) < 4.78 is 41.1. The summed E-state index contributed by atoms with van der Waals surface area (Å²) in [5, 5.41) is 2.64. The third-order valence-corrected chi connectivity index (χ3v) is 6.36. The molecule has 0 unspecified atom stereocenters. The van der Waals surface area contributed by atoms with Gasteiger partial charge in [0.05, 0.1) is 10.6 Å². The van der Waals surface area contributed by atoms with E-state index in [0.29, 0.717) is 17.4 Å². The number of hydrogen-bond donors (Lipinski definition) is 1. The number of nitrogens with one attached hydrogen (secondary N) is 1. The number of anilines is 1. The first kappa shape index (κ1) is 22.2. The van der Waals surface area contributed by atoms with Gasteiger partial charge in [0.15, 0.2) is 0 Å². The van der Waals surface area contributed by atoms with Gasteiger partial charge in [0.2, 0.25) is 5.91 Å². The average molecular weight is 440 g/mol. The summed E-state index contributed by atoms with van der Waals surface area (Å²) >= 11 is 0. The number of carbonyl (C=O) groups is 2. The molecule has 0 heterocycles. The summed E-state index contributed by atoms with van der Waals surface area (Å²) in [5.74, 6) is -1.19. The van der Waals surface area contributed by atoms with Crippen molar-refractivity contribution in [1.82, 2.24) is 5.32 Å². The smallest absolute Gasteiger partial charge is 0.264 e. The normalized spacial score (nSPS) is 11.0. The zero-order valence-electron chi connectivity index (χ0n) is 16.8. The summed E-state index contributed by atoms with van der Waals surface area (Å²) in [7, 11) is -4.12. The fraction of sp³-hybridized carbons (Fsp3) is 0.130. The molecule has 0 aliphatic carbocycles. The molecule has 0 aliphatic rings. The SMILES string of the molecule is Cc1ccc(S(=O)(=O)N(CC(=O)NCc2cccc(C=O)c2)c2cccc(F)c2)cc1. The van der Waals surface area contributed by atoms with Gasteiger partial charge in [-0.3, -0.25) is 13.9 Å². The Kier molecular flexibility index (Phi) is 6.81. The van der Waals surface area contributed by atoms with Crippen LogP contribution in [0, 0.1) is 12.7 Å². The first-order chi connectivity index (χ1) is 14.8. The molecule has 0 spiro atoms. The van der Waals surface area contributed by atoms with E-state index < -0.39 is 28.3 Å². The van der Waals surface area contributed by atoms with E-state index in [1.165, 1.54) is 30.3 Å². The second-order valence-corrected chi connectivity index (χ2v) is 8.81. The molecule has 0 bridgehead atoms. The van der Waals surface area contributed by atoms with Crippen molar-refractivity contribution < 1.29 is 22.4 Å². The largest absolute Gasteiger partial charge is 0.350 e. The van der Waals surface area contributed by atoms with Crippen LogP contribution in [0.15, 0.2) is 77.7 Å². The average Bonchev–Trinajstić information content (AvgIpc) is 2.76.